The molecule has 0 radical (unpaired) electrons. The van der Waals surface area contributed by atoms with Crippen LogP contribution in [0.4, 0.5) is 0 Å². The molecule has 0 aromatic heterocycles. The predicted molar refractivity (Wildman–Crippen MR) is 47.8 cm³/mol. The number of esters is 1. The van der Waals surface area contributed by atoms with Crippen molar-refractivity contribution >= 4 is 5.97 Å². The Hall–Kier alpha value is -0.790. The van der Waals surface area contributed by atoms with E-state index in [-0.39, 0.29) is 5.97 Å². The predicted octanol–water partition coefficient (Wildman–Crippen LogP) is 2.44. The van der Waals surface area contributed by atoms with Crippen molar-refractivity contribution in [1.82, 2.24) is 0 Å². The highest BCUT2D eigenvalue weighted by molar-refractivity contribution is 5.89. The molecule has 2 heteroatoms. The fourth-order valence-electron chi connectivity index (χ4n) is 1.63. The molecule has 1 aliphatic rings. The van der Waals surface area contributed by atoms with Crippen LogP contribution in [0.2, 0.25) is 0 Å². The minimum Gasteiger partial charge on any atom is -0.466 e. The average molecular weight is 168 g/mol. The molecular weight excluding hydrogens is 152 g/mol. The van der Waals surface area contributed by atoms with E-state index >= 15 is 0 Å². The van der Waals surface area contributed by atoms with Gasteiger partial charge >= 0.3 is 5.97 Å². The van der Waals surface area contributed by atoms with Crippen LogP contribution in [0.15, 0.2) is 11.1 Å². The van der Waals surface area contributed by atoms with Crippen molar-refractivity contribution < 1.29 is 9.53 Å². The highest BCUT2D eigenvalue weighted by Crippen LogP contribution is 2.23. The number of hydrogen-bond donors (Lipinski definition) is 0. The minimum atomic E-state index is -0.130. The summed E-state index contributed by atoms with van der Waals surface area (Å²) in [6.45, 7) is 2.04. The van der Waals surface area contributed by atoms with Crippen LogP contribution in [0.3, 0.4) is 0 Å². The van der Waals surface area contributed by atoms with Crippen molar-refractivity contribution in [2.45, 2.75) is 39.0 Å². The molecule has 0 saturated heterocycles. The highest BCUT2D eigenvalue weighted by Gasteiger charge is 2.14. The first-order valence-electron chi connectivity index (χ1n) is 4.52. The molecule has 0 unspecified atom stereocenters. The highest BCUT2D eigenvalue weighted by atomic mass is 16.5. The number of ether oxygens (including phenoxy) is 1. The van der Waals surface area contributed by atoms with E-state index in [1.807, 2.05) is 6.92 Å². The Morgan fingerprint density at radius 1 is 1.25 bits per heavy atom. The lowest BCUT2D eigenvalue weighted by atomic mass is 10.1. The summed E-state index contributed by atoms with van der Waals surface area (Å²) in [6, 6.07) is 0. The van der Waals surface area contributed by atoms with E-state index in [2.05, 4.69) is 0 Å². The molecule has 0 bridgehead atoms. The minimum absolute atomic E-state index is 0.130. The molecule has 1 rings (SSSR count). The van der Waals surface area contributed by atoms with Crippen LogP contribution in [0, 0.1) is 0 Å². The second-order valence-electron chi connectivity index (χ2n) is 3.31. The lowest BCUT2D eigenvalue weighted by Gasteiger charge is -2.05. The Kier molecular flexibility index (Phi) is 3.32. The molecular formula is C10H16O2. The van der Waals surface area contributed by atoms with E-state index in [4.69, 9.17) is 4.74 Å². The van der Waals surface area contributed by atoms with Crippen molar-refractivity contribution in [2.75, 3.05) is 7.11 Å². The summed E-state index contributed by atoms with van der Waals surface area (Å²) in [5.41, 5.74) is 2.13. The van der Waals surface area contributed by atoms with Gasteiger partial charge in [-0.05, 0) is 32.6 Å². The van der Waals surface area contributed by atoms with Crippen LogP contribution >= 0.6 is 0 Å². The Labute approximate surface area is 73.6 Å². The van der Waals surface area contributed by atoms with Crippen LogP contribution in [-0.4, -0.2) is 13.1 Å². The monoisotopic (exact) mass is 168 g/mol. The van der Waals surface area contributed by atoms with Crippen LogP contribution in [0.1, 0.15) is 39.0 Å². The van der Waals surface area contributed by atoms with Gasteiger partial charge in [-0.15, -0.1) is 0 Å². The number of rotatable bonds is 1. The van der Waals surface area contributed by atoms with Crippen molar-refractivity contribution in [3.8, 4) is 0 Å². The molecule has 12 heavy (non-hydrogen) atoms. The van der Waals surface area contributed by atoms with Gasteiger partial charge in [-0.25, -0.2) is 4.79 Å². The topological polar surface area (TPSA) is 26.3 Å². The van der Waals surface area contributed by atoms with Gasteiger partial charge in [0.05, 0.1) is 7.11 Å². The molecule has 1 aliphatic carbocycles. The van der Waals surface area contributed by atoms with Gasteiger partial charge in [-0.1, -0.05) is 12.0 Å². The van der Waals surface area contributed by atoms with Crippen molar-refractivity contribution in [2.24, 2.45) is 0 Å². The first-order chi connectivity index (χ1) is 5.75. The molecule has 0 fully saturated rings. The normalized spacial score (nSPS) is 18.8. The van der Waals surface area contributed by atoms with Gasteiger partial charge in [0.15, 0.2) is 0 Å². The summed E-state index contributed by atoms with van der Waals surface area (Å²) in [6.07, 6.45) is 5.54. The number of carbonyl (C=O) groups is 1. The van der Waals surface area contributed by atoms with E-state index in [1.165, 1.54) is 25.5 Å². The lowest BCUT2D eigenvalue weighted by Crippen LogP contribution is -2.06. The summed E-state index contributed by atoms with van der Waals surface area (Å²) >= 11 is 0. The van der Waals surface area contributed by atoms with Crippen LogP contribution < -0.4 is 0 Å². The largest absolute Gasteiger partial charge is 0.466 e. The Morgan fingerprint density at radius 3 is 2.58 bits per heavy atom. The Balaban J connectivity index is 2.74. The molecule has 68 valence electrons. The second kappa shape index (κ2) is 4.29. The summed E-state index contributed by atoms with van der Waals surface area (Å²) in [5, 5.41) is 0. The molecule has 0 saturated carbocycles. The van der Waals surface area contributed by atoms with Gasteiger partial charge in [0.2, 0.25) is 0 Å². The van der Waals surface area contributed by atoms with Crippen LogP contribution in [0.5, 0.6) is 0 Å². The molecule has 0 aromatic rings. The van der Waals surface area contributed by atoms with E-state index < -0.39 is 0 Å². The standard InChI is InChI=1S/C10H16O2/c1-8-6-4-3-5-7-9(8)10(11)12-2/h3-7H2,1-2H3. The fourth-order valence-corrected chi connectivity index (χ4v) is 1.63. The zero-order chi connectivity index (χ0) is 8.97. The molecule has 0 aliphatic heterocycles. The van der Waals surface area contributed by atoms with Crippen LogP contribution in [-0.2, 0) is 9.53 Å². The Morgan fingerprint density at radius 2 is 1.92 bits per heavy atom. The zero-order valence-electron chi connectivity index (χ0n) is 7.85. The molecule has 0 aromatic carbocycles. The van der Waals surface area contributed by atoms with Gasteiger partial charge in [0.25, 0.3) is 0 Å². The fraction of sp³-hybridized carbons (Fsp3) is 0.700. The summed E-state index contributed by atoms with van der Waals surface area (Å²) < 4.78 is 4.72. The molecule has 2 nitrogen and oxygen atoms in total. The smallest absolute Gasteiger partial charge is 0.333 e. The van der Waals surface area contributed by atoms with Crippen LogP contribution in [0.25, 0.3) is 0 Å². The summed E-state index contributed by atoms with van der Waals surface area (Å²) in [7, 11) is 1.45. The van der Waals surface area contributed by atoms with Crippen molar-refractivity contribution in [3.05, 3.63) is 11.1 Å². The van der Waals surface area contributed by atoms with Crippen molar-refractivity contribution in [1.29, 1.82) is 0 Å². The number of carbonyl (C=O) groups excluding carboxylic acids is 1. The average Bonchev–Trinajstić information content (AvgIpc) is 2.28. The maximum atomic E-state index is 11.2. The number of methoxy groups -OCH3 is 1. The third kappa shape index (κ3) is 2.10. The first-order valence-corrected chi connectivity index (χ1v) is 4.52. The molecule has 0 heterocycles. The summed E-state index contributed by atoms with van der Waals surface area (Å²) in [4.78, 5) is 11.2. The molecule has 0 N–H and O–H groups in total. The third-order valence-corrected chi connectivity index (χ3v) is 2.43. The van der Waals surface area contributed by atoms with E-state index in [0.29, 0.717) is 0 Å². The van der Waals surface area contributed by atoms with E-state index in [1.54, 1.807) is 0 Å². The second-order valence-corrected chi connectivity index (χ2v) is 3.31. The zero-order valence-corrected chi connectivity index (χ0v) is 7.85. The van der Waals surface area contributed by atoms with E-state index in [9.17, 15) is 4.79 Å². The number of hydrogen-bond acceptors (Lipinski definition) is 2. The van der Waals surface area contributed by atoms with Crippen molar-refractivity contribution in [3.63, 3.8) is 0 Å². The molecule has 0 atom stereocenters. The third-order valence-electron chi connectivity index (χ3n) is 2.43. The lowest BCUT2D eigenvalue weighted by molar-refractivity contribution is -0.136. The number of allylic oxidation sites excluding steroid dienone is 1. The quantitative estimate of drug-likeness (QED) is 0.562. The maximum absolute atomic E-state index is 11.2. The van der Waals surface area contributed by atoms with E-state index in [0.717, 1.165) is 24.8 Å². The van der Waals surface area contributed by atoms with Gasteiger partial charge in [-0.2, -0.15) is 0 Å². The van der Waals surface area contributed by atoms with Gasteiger partial charge in [-0.3, -0.25) is 0 Å². The maximum Gasteiger partial charge on any atom is 0.333 e. The first kappa shape index (κ1) is 9.30. The Bertz CT molecular complexity index is 204. The molecule has 0 spiro atoms. The SMILES string of the molecule is COC(=O)C1=C(C)CCCCC1. The molecule has 0 amide bonds. The van der Waals surface area contributed by atoms with Gasteiger partial charge in [0.1, 0.15) is 0 Å². The van der Waals surface area contributed by atoms with Gasteiger partial charge in [0, 0.05) is 5.57 Å². The van der Waals surface area contributed by atoms with Gasteiger partial charge < -0.3 is 4.74 Å². The summed E-state index contributed by atoms with van der Waals surface area (Å²) in [5.74, 6) is -0.130.